The van der Waals surface area contributed by atoms with Gasteiger partial charge in [0.1, 0.15) is 6.04 Å². The van der Waals surface area contributed by atoms with Crippen molar-refractivity contribution in [2.45, 2.75) is 44.9 Å². The zero-order valence-corrected chi connectivity index (χ0v) is 12.2. The molecule has 2 unspecified atom stereocenters. The maximum Gasteiger partial charge on any atom is 0.238 e. The fourth-order valence-electron chi connectivity index (χ4n) is 2.57. The quantitative estimate of drug-likeness (QED) is 0.739. The van der Waals surface area contributed by atoms with Crippen molar-refractivity contribution in [3.8, 4) is 0 Å². The van der Waals surface area contributed by atoms with Crippen molar-refractivity contribution in [1.29, 1.82) is 0 Å². The SMILES string of the molecule is CNC(=O)C1CNCCN1C(C)CC(C)(C)OC. The molecule has 1 fully saturated rings. The number of ether oxygens (including phenoxy) is 1. The lowest BCUT2D eigenvalue weighted by Crippen LogP contribution is -2.60. The monoisotopic (exact) mass is 257 g/mol. The van der Waals surface area contributed by atoms with Crippen LogP contribution in [-0.4, -0.2) is 62.3 Å². The molecule has 1 aliphatic rings. The molecule has 0 saturated carbocycles. The lowest BCUT2D eigenvalue weighted by Gasteiger charge is -2.41. The highest BCUT2D eigenvalue weighted by Gasteiger charge is 2.33. The Morgan fingerprint density at radius 1 is 1.61 bits per heavy atom. The molecular weight excluding hydrogens is 230 g/mol. The van der Waals surface area contributed by atoms with Crippen molar-refractivity contribution in [2.24, 2.45) is 0 Å². The molecule has 2 N–H and O–H groups in total. The average Bonchev–Trinajstić information content (AvgIpc) is 2.37. The fourth-order valence-corrected chi connectivity index (χ4v) is 2.57. The van der Waals surface area contributed by atoms with Gasteiger partial charge in [-0.2, -0.15) is 0 Å². The van der Waals surface area contributed by atoms with Gasteiger partial charge in [0.15, 0.2) is 0 Å². The predicted molar refractivity (Wildman–Crippen MR) is 72.6 cm³/mol. The van der Waals surface area contributed by atoms with E-state index in [1.807, 2.05) is 0 Å². The maximum absolute atomic E-state index is 11.9. The van der Waals surface area contributed by atoms with Crippen molar-refractivity contribution < 1.29 is 9.53 Å². The van der Waals surface area contributed by atoms with Crippen molar-refractivity contribution in [3.05, 3.63) is 0 Å². The van der Waals surface area contributed by atoms with E-state index in [-0.39, 0.29) is 17.6 Å². The number of rotatable bonds is 5. The molecule has 0 bridgehead atoms. The molecule has 18 heavy (non-hydrogen) atoms. The molecule has 1 rings (SSSR count). The van der Waals surface area contributed by atoms with Crippen LogP contribution in [0, 0.1) is 0 Å². The maximum atomic E-state index is 11.9. The highest BCUT2D eigenvalue weighted by Crippen LogP contribution is 2.21. The van der Waals surface area contributed by atoms with Gasteiger partial charge in [-0.1, -0.05) is 0 Å². The van der Waals surface area contributed by atoms with E-state index >= 15 is 0 Å². The van der Waals surface area contributed by atoms with E-state index < -0.39 is 0 Å². The Labute approximate surface area is 110 Å². The Morgan fingerprint density at radius 2 is 2.28 bits per heavy atom. The second-order valence-corrected chi connectivity index (χ2v) is 5.59. The molecule has 0 aliphatic carbocycles. The van der Waals surface area contributed by atoms with E-state index in [1.165, 1.54) is 0 Å². The second-order valence-electron chi connectivity index (χ2n) is 5.59. The molecular formula is C13H27N3O2. The fraction of sp³-hybridized carbons (Fsp3) is 0.923. The normalized spacial score (nSPS) is 23.7. The summed E-state index contributed by atoms with van der Waals surface area (Å²) in [6.45, 7) is 8.89. The zero-order chi connectivity index (χ0) is 13.8. The number of hydrogen-bond donors (Lipinski definition) is 2. The first kappa shape index (κ1) is 15.4. The van der Waals surface area contributed by atoms with Gasteiger partial charge in [0, 0.05) is 39.8 Å². The van der Waals surface area contributed by atoms with Crippen LogP contribution in [0.5, 0.6) is 0 Å². The van der Waals surface area contributed by atoms with Crippen LogP contribution in [0.4, 0.5) is 0 Å². The third kappa shape index (κ3) is 3.93. The highest BCUT2D eigenvalue weighted by molar-refractivity contribution is 5.81. The van der Waals surface area contributed by atoms with Crippen molar-refractivity contribution in [1.82, 2.24) is 15.5 Å². The molecule has 0 aromatic rings. The molecule has 1 amide bonds. The Morgan fingerprint density at radius 3 is 2.83 bits per heavy atom. The van der Waals surface area contributed by atoms with Gasteiger partial charge in [-0.15, -0.1) is 0 Å². The van der Waals surface area contributed by atoms with E-state index in [9.17, 15) is 4.79 Å². The largest absolute Gasteiger partial charge is 0.379 e. The van der Waals surface area contributed by atoms with E-state index in [0.29, 0.717) is 6.04 Å². The summed E-state index contributed by atoms with van der Waals surface area (Å²) in [5, 5.41) is 6.02. The number of nitrogens with one attached hydrogen (secondary N) is 2. The van der Waals surface area contributed by atoms with Crippen molar-refractivity contribution in [2.75, 3.05) is 33.8 Å². The number of hydrogen-bond acceptors (Lipinski definition) is 4. The van der Waals surface area contributed by atoms with Gasteiger partial charge in [-0.3, -0.25) is 9.69 Å². The number of carbonyl (C=O) groups is 1. The van der Waals surface area contributed by atoms with E-state index in [2.05, 4.69) is 36.3 Å². The first-order valence-electron chi connectivity index (χ1n) is 6.64. The topological polar surface area (TPSA) is 53.6 Å². The Hall–Kier alpha value is -0.650. The summed E-state index contributed by atoms with van der Waals surface area (Å²) in [4.78, 5) is 14.2. The first-order valence-corrected chi connectivity index (χ1v) is 6.64. The molecule has 1 aliphatic heterocycles. The Kier molecular flexibility index (Phi) is 5.56. The van der Waals surface area contributed by atoms with Crippen molar-refractivity contribution in [3.63, 3.8) is 0 Å². The molecule has 2 atom stereocenters. The average molecular weight is 257 g/mol. The molecule has 5 nitrogen and oxygen atoms in total. The number of methoxy groups -OCH3 is 1. The van der Waals surface area contributed by atoms with Crippen LogP contribution in [-0.2, 0) is 9.53 Å². The van der Waals surface area contributed by atoms with Crippen LogP contribution in [0.15, 0.2) is 0 Å². The molecule has 0 spiro atoms. The van der Waals surface area contributed by atoms with Gasteiger partial charge in [-0.25, -0.2) is 0 Å². The molecule has 1 heterocycles. The standard InChI is InChI=1S/C13H27N3O2/c1-10(8-13(2,3)18-5)16-7-6-15-9-11(16)12(17)14-4/h10-11,15H,6-9H2,1-5H3,(H,14,17). The highest BCUT2D eigenvalue weighted by atomic mass is 16.5. The summed E-state index contributed by atoms with van der Waals surface area (Å²) >= 11 is 0. The van der Waals surface area contributed by atoms with Crippen LogP contribution in [0.1, 0.15) is 27.2 Å². The minimum Gasteiger partial charge on any atom is -0.379 e. The summed E-state index contributed by atoms with van der Waals surface area (Å²) in [5.41, 5.74) is -0.155. The van der Waals surface area contributed by atoms with E-state index in [0.717, 1.165) is 26.1 Å². The summed E-state index contributed by atoms with van der Waals surface area (Å²) in [6, 6.07) is 0.246. The summed E-state index contributed by atoms with van der Waals surface area (Å²) < 4.78 is 5.48. The van der Waals surface area contributed by atoms with Crippen LogP contribution >= 0.6 is 0 Å². The zero-order valence-electron chi connectivity index (χ0n) is 12.2. The van der Waals surface area contributed by atoms with Crippen LogP contribution in [0.2, 0.25) is 0 Å². The molecule has 0 radical (unpaired) electrons. The minimum absolute atomic E-state index is 0.0774. The third-order valence-electron chi connectivity index (χ3n) is 3.74. The number of likely N-dealkylation sites (N-methyl/N-ethyl adjacent to an activating group) is 1. The van der Waals surface area contributed by atoms with Gasteiger partial charge < -0.3 is 15.4 Å². The summed E-state index contributed by atoms with van der Waals surface area (Å²) in [7, 11) is 3.43. The second kappa shape index (κ2) is 6.50. The first-order chi connectivity index (χ1) is 8.41. The number of nitrogens with zero attached hydrogens (tertiary/aromatic N) is 1. The van der Waals surface area contributed by atoms with E-state index in [1.54, 1.807) is 14.2 Å². The van der Waals surface area contributed by atoms with Crippen LogP contribution in [0.25, 0.3) is 0 Å². The number of amides is 1. The molecule has 106 valence electrons. The van der Waals surface area contributed by atoms with Crippen LogP contribution < -0.4 is 10.6 Å². The molecule has 0 aromatic carbocycles. The Balaban J connectivity index is 2.68. The van der Waals surface area contributed by atoms with Crippen LogP contribution in [0.3, 0.4) is 0 Å². The molecule has 0 aromatic heterocycles. The Bertz CT molecular complexity index is 281. The lowest BCUT2D eigenvalue weighted by atomic mass is 9.97. The lowest BCUT2D eigenvalue weighted by molar-refractivity contribution is -0.128. The van der Waals surface area contributed by atoms with Gasteiger partial charge >= 0.3 is 0 Å². The predicted octanol–water partition coefficient (Wildman–Crippen LogP) is 0.210. The third-order valence-corrected chi connectivity index (χ3v) is 3.74. The van der Waals surface area contributed by atoms with Gasteiger partial charge in [0.2, 0.25) is 5.91 Å². The summed E-state index contributed by atoms with van der Waals surface area (Å²) in [6.07, 6.45) is 0.914. The number of carbonyl (C=O) groups excluding carboxylic acids is 1. The van der Waals surface area contributed by atoms with Gasteiger partial charge in [0.25, 0.3) is 0 Å². The van der Waals surface area contributed by atoms with Gasteiger partial charge in [0.05, 0.1) is 5.60 Å². The molecule has 5 heteroatoms. The van der Waals surface area contributed by atoms with E-state index in [4.69, 9.17) is 4.74 Å². The molecule has 1 saturated heterocycles. The van der Waals surface area contributed by atoms with Gasteiger partial charge in [-0.05, 0) is 27.2 Å². The minimum atomic E-state index is -0.155. The smallest absolute Gasteiger partial charge is 0.238 e. The summed E-state index contributed by atoms with van der Waals surface area (Å²) in [5.74, 6) is 0.0873. The van der Waals surface area contributed by atoms with Crippen molar-refractivity contribution >= 4 is 5.91 Å². The number of piperazine rings is 1.